The molecule has 5 nitrogen and oxygen atoms in total. The standard InChI is InChI=1S/C11H20N2O3S/c1-11(4-5-11)7-12-10(16)13-8(9(14)15)3-6-17-2/h8H,3-7H2,1-2H3,(H,14,15)(H2,12,13,16)/t8-/m0/s1. The number of carbonyl (C=O) groups is 2. The summed E-state index contributed by atoms with van der Waals surface area (Å²) in [5.41, 5.74) is 0.231. The molecule has 1 aliphatic rings. The van der Waals surface area contributed by atoms with Crippen molar-refractivity contribution >= 4 is 23.8 Å². The van der Waals surface area contributed by atoms with Crippen LogP contribution in [0.4, 0.5) is 4.79 Å². The number of thioether (sulfide) groups is 1. The molecule has 3 N–H and O–H groups in total. The number of amides is 2. The van der Waals surface area contributed by atoms with E-state index in [1.54, 1.807) is 11.8 Å². The van der Waals surface area contributed by atoms with Gasteiger partial charge < -0.3 is 15.7 Å². The van der Waals surface area contributed by atoms with Crippen LogP contribution in [0.25, 0.3) is 0 Å². The van der Waals surface area contributed by atoms with Gasteiger partial charge in [-0.05, 0) is 36.7 Å². The molecule has 0 aromatic carbocycles. The fourth-order valence-corrected chi connectivity index (χ4v) is 1.86. The first-order valence-electron chi connectivity index (χ1n) is 5.73. The number of hydrogen-bond acceptors (Lipinski definition) is 3. The first-order valence-corrected chi connectivity index (χ1v) is 7.12. The second-order valence-corrected chi connectivity index (χ2v) is 5.80. The average Bonchev–Trinajstić information content (AvgIpc) is 3.00. The molecular formula is C11H20N2O3S. The van der Waals surface area contributed by atoms with Gasteiger partial charge in [-0.3, -0.25) is 0 Å². The zero-order chi connectivity index (χ0) is 12.9. The van der Waals surface area contributed by atoms with Crippen molar-refractivity contribution in [3.63, 3.8) is 0 Å². The molecular weight excluding hydrogens is 240 g/mol. The molecule has 6 heteroatoms. The fourth-order valence-electron chi connectivity index (χ4n) is 1.39. The maximum Gasteiger partial charge on any atom is 0.326 e. The average molecular weight is 260 g/mol. The van der Waals surface area contributed by atoms with Gasteiger partial charge in [0.2, 0.25) is 0 Å². The van der Waals surface area contributed by atoms with E-state index in [0.717, 1.165) is 18.6 Å². The molecule has 98 valence electrons. The molecule has 2 amide bonds. The van der Waals surface area contributed by atoms with Crippen molar-refractivity contribution in [1.29, 1.82) is 0 Å². The minimum atomic E-state index is -0.980. The van der Waals surface area contributed by atoms with Crippen LogP contribution in [0.2, 0.25) is 0 Å². The Kier molecular flexibility index (Phi) is 5.11. The largest absolute Gasteiger partial charge is 0.480 e. The molecule has 1 saturated carbocycles. The Morgan fingerprint density at radius 3 is 2.59 bits per heavy atom. The van der Waals surface area contributed by atoms with Gasteiger partial charge in [0.25, 0.3) is 0 Å². The second-order valence-electron chi connectivity index (χ2n) is 4.81. The van der Waals surface area contributed by atoms with Gasteiger partial charge in [-0.15, -0.1) is 0 Å². The van der Waals surface area contributed by atoms with Gasteiger partial charge in [-0.2, -0.15) is 11.8 Å². The Balaban J connectivity index is 2.27. The number of nitrogens with one attached hydrogen (secondary N) is 2. The summed E-state index contributed by atoms with van der Waals surface area (Å²) in [6, 6.07) is -1.18. The van der Waals surface area contributed by atoms with Crippen LogP contribution in [-0.4, -0.2) is 41.7 Å². The molecule has 0 aliphatic heterocycles. The zero-order valence-corrected chi connectivity index (χ0v) is 11.1. The highest BCUT2D eigenvalue weighted by Gasteiger charge is 2.37. The van der Waals surface area contributed by atoms with Crippen LogP contribution < -0.4 is 10.6 Å². The molecule has 0 bridgehead atoms. The van der Waals surface area contributed by atoms with Gasteiger partial charge in [0.05, 0.1) is 0 Å². The number of aliphatic carboxylic acids is 1. The van der Waals surface area contributed by atoms with E-state index in [0.29, 0.717) is 13.0 Å². The lowest BCUT2D eigenvalue weighted by Gasteiger charge is -2.16. The van der Waals surface area contributed by atoms with Gasteiger partial charge >= 0.3 is 12.0 Å². The third-order valence-corrected chi connectivity index (χ3v) is 3.64. The third-order valence-electron chi connectivity index (χ3n) is 2.99. The highest BCUT2D eigenvalue weighted by Crippen LogP contribution is 2.43. The summed E-state index contributed by atoms with van der Waals surface area (Å²) < 4.78 is 0. The van der Waals surface area contributed by atoms with E-state index in [1.807, 2.05) is 6.26 Å². The summed E-state index contributed by atoms with van der Waals surface area (Å²) in [7, 11) is 0. The predicted molar refractivity (Wildman–Crippen MR) is 68.3 cm³/mol. The molecule has 0 saturated heterocycles. The van der Waals surface area contributed by atoms with Crippen LogP contribution in [-0.2, 0) is 4.79 Å². The molecule has 1 fully saturated rings. The highest BCUT2D eigenvalue weighted by atomic mass is 32.2. The molecule has 1 aliphatic carbocycles. The van der Waals surface area contributed by atoms with Crippen LogP contribution in [0.3, 0.4) is 0 Å². The van der Waals surface area contributed by atoms with Crippen molar-refractivity contribution in [3.05, 3.63) is 0 Å². The van der Waals surface area contributed by atoms with Crippen LogP contribution >= 0.6 is 11.8 Å². The number of carboxylic acids is 1. The molecule has 17 heavy (non-hydrogen) atoms. The van der Waals surface area contributed by atoms with Crippen molar-refractivity contribution in [2.75, 3.05) is 18.6 Å². The van der Waals surface area contributed by atoms with E-state index >= 15 is 0 Å². The summed E-state index contributed by atoms with van der Waals surface area (Å²) in [5, 5.41) is 14.2. The molecule has 0 radical (unpaired) electrons. The quantitative estimate of drug-likeness (QED) is 0.644. The number of urea groups is 1. The molecule has 0 spiro atoms. The van der Waals surface area contributed by atoms with Gasteiger partial charge in [-0.25, -0.2) is 9.59 Å². The number of rotatable bonds is 7. The second kappa shape index (κ2) is 6.14. The maximum absolute atomic E-state index is 11.5. The Labute approximate surface area is 106 Å². The van der Waals surface area contributed by atoms with Crippen LogP contribution in [0.15, 0.2) is 0 Å². The molecule has 0 aromatic rings. The lowest BCUT2D eigenvalue weighted by Crippen LogP contribution is -2.47. The van der Waals surface area contributed by atoms with Crippen LogP contribution in [0, 0.1) is 5.41 Å². The molecule has 0 heterocycles. The third kappa shape index (κ3) is 5.30. The summed E-state index contributed by atoms with van der Waals surface area (Å²) >= 11 is 1.57. The normalized spacial score (nSPS) is 18.2. The predicted octanol–water partition coefficient (Wildman–Crippen LogP) is 1.29. The Bertz CT molecular complexity index is 292. The van der Waals surface area contributed by atoms with E-state index < -0.39 is 12.0 Å². The van der Waals surface area contributed by atoms with Crippen molar-refractivity contribution in [3.8, 4) is 0 Å². The fraction of sp³-hybridized carbons (Fsp3) is 0.818. The first-order chi connectivity index (χ1) is 7.97. The molecule has 0 unspecified atom stereocenters. The summed E-state index contributed by atoms with van der Waals surface area (Å²) in [6.45, 7) is 2.73. The zero-order valence-electron chi connectivity index (χ0n) is 10.3. The maximum atomic E-state index is 11.5. The minimum Gasteiger partial charge on any atom is -0.480 e. The van der Waals surface area contributed by atoms with Gasteiger partial charge in [0.15, 0.2) is 0 Å². The number of hydrogen-bond donors (Lipinski definition) is 3. The number of carbonyl (C=O) groups excluding carboxylic acids is 1. The molecule has 1 rings (SSSR count). The van der Waals surface area contributed by atoms with E-state index in [1.165, 1.54) is 0 Å². The van der Waals surface area contributed by atoms with Gasteiger partial charge in [0, 0.05) is 6.54 Å². The first kappa shape index (κ1) is 14.2. The van der Waals surface area contributed by atoms with Crippen molar-refractivity contribution in [2.24, 2.45) is 5.41 Å². The molecule has 1 atom stereocenters. The SMILES string of the molecule is CSCC[C@H](NC(=O)NCC1(C)CC1)C(=O)O. The van der Waals surface area contributed by atoms with E-state index in [-0.39, 0.29) is 11.4 Å². The minimum absolute atomic E-state index is 0.231. The monoisotopic (exact) mass is 260 g/mol. The van der Waals surface area contributed by atoms with Crippen molar-refractivity contribution in [1.82, 2.24) is 10.6 Å². The summed E-state index contributed by atoms with van der Waals surface area (Å²) in [5.74, 6) is -0.263. The smallest absolute Gasteiger partial charge is 0.326 e. The van der Waals surface area contributed by atoms with Gasteiger partial charge in [-0.1, -0.05) is 6.92 Å². The Morgan fingerprint density at radius 1 is 1.47 bits per heavy atom. The lowest BCUT2D eigenvalue weighted by atomic mass is 10.1. The molecule has 0 aromatic heterocycles. The number of carboxylic acid groups (broad SMARTS) is 1. The topological polar surface area (TPSA) is 78.4 Å². The van der Waals surface area contributed by atoms with Crippen LogP contribution in [0.5, 0.6) is 0 Å². The lowest BCUT2D eigenvalue weighted by molar-refractivity contribution is -0.139. The van der Waals surface area contributed by atoms with Gasteiger partial charge in [0.1, 0.15) is 6.04 Å². The van der Waals surface area contributed by atoms with Crippen molar-refractivity contribution in [2.45, 2.75) is 32.2 Å². The van der Waals surface area contributed by atoms with E-state index in [4.69, 9.17) is 5.11 Å². The summed E-state index contributed by atoms with van der Waals surface area (Å²) in [6.07, 6.45) is 4.61. The highest BCUT2D eigenvalue weighted by molar-refractivity contribution is 7.98. The van der Waals surface area contributed by atoms with E-state index in [9.17, 15) is 9.59 Å². The van der Waals surface area contributed by atoms with Crippen molar-refractivity contribution < 1.29 is 14.7 Å². The van der Waals surface area contributed by atoms with Crippen LogP contribution in [0.1, 0.15) is 26.2 Å². The summed E-state index contributed by atoms with van der Waals surface area (Å²) in [4.78, 5) is 22.4. The Morgan fingerprint density at radius 2 is 2.12 bits per heavy atom. The van der Waals surface area contributed by atoms with E-state index in [2.05, 4.69) is 17.6 Å². The Hall–Kier alpha value is -0.910.